The summed E-state index contributed by atoms with van der Waals surface area (Å²) >= 11 is 0. The Morgan fingerprint density at radius 3 is 2.47 bits per heavy atom. The number of hydrogen-bond donors (Lipinski definition) is 2. The van der Waals surface area contributed by atoms with Crippen LogP contribution in [0.1, 0.15) is 13.3 Å². The van der Waals surface area contributed by atoms with Crippen LogP contribution in [0.15, 0.2) is 0 Å². The first-order valence-corrected chi connectivity index (χ1v) is 5.52. The van der Waals surface area contributed by atoms with Gasteiger partial charge in [-0.1, -0.05) is 6.92 Å². The molecule has 1 rings (SSSR count). The second-order valence-electron chi connectivity index (χ2n) is 4.03. The minimum absolute atomic E-state index is 0.00990. The van der Waals surface area contributed by atoms with Gasteiger partial charge >= 0.3 is 6.03 Å². The summed E-state index contributed by atoms with van der Waals surface area (Å²) in [6.45, 7) is 5.34. The highest BCUT2D eigenvalue weighted by atomic mass is 16.3. The molecular formula is C10H21N3O2. The van der Waals surface area contributed by atoms with Crippen molar-refractivity contribution in [2.75, 3.05) is 39.8 Å². The topological polar surface area (TPSA) is 55.8 Å². The minimum atomic E-state index is -0.114. The van der Waals surface area contributed by atoms with Crippen LogP contribution in [-0.2, 0) is 0 Å². The van der Waals surface area contributed by atoms with E-state index in [1.165, 1.54) is 0 Å². The van der Waals surface area contributed by atoms with Gasteiger partial charge in [0, 0.05) is 26.2 Å². The number of carbonyl (C=O) groups excluding carboxylic acids is 1. The lowest BCUT2D eigenvalue weighted by molar-refractivity contribution is 0.146. The number of urea groups is 1. The zero-order valence-corrected chi connectivity index (χ0v) is 9.57. The summed E-state index contributed by atoms with van der Waals surface area (Å²) in [6, 6.07) is -0.166. The summed E-state index contributed by atoms with van der Waals surface area (Å²) in [4.78, 5) is 15.7. The first kappa shape index (κ1) is 12.3. The molecule has 5 heteroatoms. The van der Waals surface area contributed by atoms with Crippen LogP contribution in [0.2, 0.25) is 0 Å². The molecule has 0 aromatic carbocycles. The first-order valence-electron chi connectivity index (χ1n) is 5.52. The molecule has 2 N–H and O–H groups in total. The Kier molecular flexibility index (Phi) is 4.84. The highest BCUT2D eigenvalue weighted by Gasteiger charge is 2.20. The number of nitrogens with zero attached hydrogens (tertiary/aromatic N) is 2. The molecule has 2 amide bonds. The standard InChI is InChI=1S/C10H21N3O2/c1-3-9(8-14)11-10(15)13-6-4-12(2)5-7-13/h9,14H,3-8H2,1-2H3,(H,11,15). The van der Waals surface area contributed by atoms with Crippen molar-refractivity contribution >= 4 is 6.03 Å². The van der Waals surface area contributed by atoms with E-state index < -0.39 is 0 Å². The van der Waals surface area contributed by atoms with Gasteiger partial charge in [0.25, 0.3) is 0 Å². The summed E-state index contributed by atoms with van der Waals surface area (Å²) in [5.74, 6) is 0. The van der Waals surface area contributed by atoms with E-state index in [1.807, 2.05) is 6.92 Å². The minimum Gasteiger partial charge on any atom is -0.394 e. The molecule has 0 radical (unpaired) electrons. The third-order valence-electron chi connectivity index (χ3n) is 2.83. The van der Waals surface area contributed by atoms with Crippen LogP contribution in [0.25, 0.3) is 0 Å². The quantitative estimate of drug-likeness (QED) is 0.680. The van der Waals surface area contributed by atoms with Crippen molar-refractivity contribution in [3.8, 4) is 0 Å². The fourth-order valence-corrected chi connectivity index (χ4v) is 1.55. The maximum Gasteiger partial charge on any atom is 0.317 e. The molecule has 15 heavy (non-hydrogen) atoms. The molecule has 88 valence electrons. The van der Waals surface area contributed by atoms with E-state index in [0.29, 0.717) is 0 Å². The van der Waals surface area contributed by atoms with Crippen LogP contribution in [0.3, 0.4) is 0 Å². The number of aliphatic hydroxyl groups is 1. The summed E-state index contributed by atoms with van der Waals surface area (Å²) in [5.41, 5.74) is 0. The molecule has 1 aliphatic rings. The Morgan fingerprint density at radius 2 is 2.00 bits per heavy atom. The number of nitrogens with one attached hydrogen (secondary N) is 1. The smallest absolute Gasteiger partial charge is 0.317 e. The van der Waals surface area contributed by atoms with Gasteiger partial charge in [0.2, 0.25) is 0 Å². The van der Waals surface area contributed by atoms with E-state index in [0.717, 1.165) is 32.6 Å². The average Bonchev–Trinajstić information content (AvgIpc) is 2.26. The maximum atomic E-state index is 11.7. The van der Waals surface area contributed by atoms with Crippen molar-refractivity contribution in [1.82, 2.24) is 15.1 Å². The van der Waals surface area contributed by atoms with Crippen molar-refractivity contribution in [2.45, 2.75) is 19.4 Å². The predicted octanol–water partition coefficient (Wildman–Crippen LogP) is -0.286. The number of aliphatic hydroxyl groups excluding tert-OH is 1. The van der Waals surface area contributed by atoms with Gasteiger partial charge in [-0.25, -0.2) is 4.79 Å². The monoisotopic (exact) mass is 215 g/mol. The third kappa shape index (κ3) is 3.68. The molecule has 0 spiro atoms. The Balaban J connectivity index is 2.33. The molecule has 1 heterocycles. The van der Waals surface area contributed by atoms with Crippen LogP contribution in [0.5, 0.6) is 0 Å². The number of hydrogen-bond acceptors (Lipinski definition) is 3. The molecule has 5 nitrogen and oxygen atoms in total. The van der Waals surface area contributed by atoms with Gasteiger partial charge in [-0.05, 0) is 13.5 Å². The molecule has 0 aromatic heterocycles. The van der Waals surface area contributed by atoms with E-state index in [1.54, 1.807) is 4.90 Å². The van der Waals surface area contributed by atoms with Gasteiger partial charge in [-0.2, -0.15) is 0 Å². The Hall–Kier alpha value is -0.810. The van der Waals surface area contributed by atoms with E-state index in [4.69, 9.17) is 5.11 Å². The van der Waals surface area contributed by atoms with E-state index in [9.17, 15) is 4.79 Å². The fraction of sp³-hybridized carbons (Fsp3) is 0.900. The number of carbonyl (C=O) groups is 1. The largest absolute Gasteiger partial charge is 0.394 e. The van der Waals surface area contributed by atoms with Crippen molar-refractivity contribution in [2.24, 2.45) is 0 Å². The van der Waals surface area contributed by atoms with Crippen molar-refractivity contribution in [3.63, 3.8) is 0 Å². The molecule has 0 saturated carbocycles. The number of amides is 2. The SMILES string of the molecule is CCC(CO)NC(=O)N1CCN(C)CC1. The Morgan fingerprint density at radius 1 is 1.40 bits per heavy atom. The van der Waals surface area contributed by atoms with E-state index >= 15 is 0 Å². The number of rotatable bonds is 3. The summed E-state index contributed by atoms with van der Waals surface area (Å²) in [5, 5.41) is 11.8. The van der Waals surface area contributed by atoms with E-state index in [2.05, 4.69) is 17.3 Å². The van der Waals surface area contributed by atoms with Crippen LogP contribution < -0.4 is 5.32 Å². The molecule has 1 atom stereocenters. The molecule has 0 aliphatic carbocycles. The summed E-state index contributed by atoms with van der Waals surface area (Å²) in [6.07, 6.45) is 0.760. The Labute approximate surface area is 91.0 Å². The van der Waals surface area contributed by atoms with Gasteiger partial charge in [-0.15, -0.1) is 0 Å². The molecule has 1 unspecified atom stereocenters. The lowest BCUT2D eigenvalue weighted by Gasteiger charge is -2.33. The zero-order valence-electron chi connectivity index (χ0n) is 9.57. The number of piperazine rings is 1. The van der Waals surface area contributed by atoms with Crippen LogP contribution in [0.4, 0.5) is 4.79 Å². The van der Waals surface area contributed by atoms with Gasteiger partial charge in [-0.3, -0.25) is 0 Å². The molecular weight excluding hydrogens is 194 g/mol. The van der Waals surface area contributed by atoms with Gasteiger partial charge in [0.1, 0.15) is 0 Å². The maximum absolute atomic E-state index is 11.7. The predicted molar refractivity (Wildman–Crippen MR) is 58.8 cm³/mol. The summed E-state index contributed by atoms with van der Waals surface area (Å²) in [7, 11) is 2.05. The Bertz CT molecular complexity index is 199. The highest BCUT2D eigenvalue weighted by molar-refractivity contribution is 5.74. The van der Waals surface area contributed by atoms with Crippen LogP contribution in [-0.4, -0.2) is 66.8 Å². The zero-order chi connectivity index (χ0) is 11.3. The third-order valence-corrected chi connectivity index (χ3v) is 2.83. The van der Waals surface area contributed by atoms with Crippen molar-refractivity contribution in [3.05, 3.63) is 0 Å². The molecule has 1 aliphatic heterocycles. The first-order chi connectivity index (χ1) is 7.17. The normalized spacial score (nSPS) is 20.1. The molecule has 1 saturated heterocycles. The lowest BCUT2D eigenvalue weighted by atomic mass is 10.2. The molecule has 0 aromatic rings. The van der Waals surface area contributed by atoms with Gasteiger partial charge in [0.05, 0.1) is 12.6 Å². The van der Waals surface area contributed by atoms with Crippen molar-refractivity contribution in [1.29, 1.82) is 0 Å². The average molecular weight is 215 g/mol. The van der Waals surface area contributed by atoms with E-state index in [-0.39, 0.29) is 18.7 Å². The number of likely N-dealkylation sites (N-methyl/N-ethyl adjacent to an activating group) is 1. The molecule has 0 bridgehead atoms. The fourth-order valence-electron chi connectivity index (χ4n) is 1.55. The van der Waals surface area contributed by atoms with Crippen LogP contribution >= 0.6 is 0 Å². The molecule has 1 fully saturated rings. The second kappa shape index (κ2) is 5.92. The van der Waals surface area contributed by atoms with Crippen molar-refractivity contribution < 1.29 is 9.90 Å². The second-order valence-corrected chi connectivity index (χ2v) is 4.03. The van der Waals surface area contributed by atoms with Crippen LogP contribution in [0, 0.1) is 0 Å². The van der Waals surface area contributed by atoms with Gasteiger partial charge < -0.3 is 20.2 Å². The van der Waals surface area contributed by atoms with Gasteiger partial charge in [0.15, 0.2) is 0 Å². The lowest BCUT2D eigenvalue weighted by Crippen LogP contribution is -2.53. The highest BCUT2D eigenvalue weighted by Crippen LogP contribution is 2.00. The summed E-state index contributed by atoms with van der Waals surface area (Å²) < 4.78 is 0.